The Hall–Kier alpha value is -1.13. The standard InChI is InChI=1S/C12H16ClFN2O/c1-3-7(2)11(15)12(17)16-8-4-5-9(13)10(14)6-8/h4-7,11H,3,15H2,1-2H3,(H,16,17)/t7-,11-/m0/s1. The van der Waals surface area contributed by atoms with Crippen molar-refractivity contribution >= 4 is 23.2 Å². The molecule has 0 fully saturated rings. The van der Waals surface area contributed by atoms with Crippen molar-refractivity contribution in [3.05, 3.63) is 29.0 Å². The highest BCUT2D eigenvalue weighted by Crippen LogP contribution is 2.19. The molecule has 0 radical (unpaired) electrons. The number of amides is 1. The molecule has 0 aromatic heterocycles. The van der Waals surface area contributed by atoms with E-state index < -0.39 is 11.9 Å². The molecular formula is C12H16ClFN2O. The van der Waals surface area contributed by atoms with Gasteiger partial charge >= 0.3 is 0 Å². The van der Waals surface area contributed by atoms with Gasteiger partial charge in [-0.15, -0.1) is 0 Å². The van der Waals surface area contributed by atoms with Crippen molar-refractivity contribution in [3.8, 4) is 0 Å². The van der Waals surface area contributed by atoms with E-state index in [1.54, 1.807) is 0 Å². The largest absolute Gasteiger partial charge is 0.325 e. The van der Waals surface area contributed by atoms with Gasteiger partial charge < -0.3 is 11.1 Å². The minimum absolute atomic E-state index is 0.0224. The van der Waals surface area contributed by atoms with Gasteiger partial charge in [0.1, 0.15) is 5.82 Å². The van der Waals surface area contributed by atoms with Crippen LogP contribution in [0, 0.1) is 11.7 Å². The Kier molecular flexibility index (Phi) is 4.90. The topological polar surface area (TPSA) is 55.1 Å². The van der Waals surface area contributed by atoms with E-state index in [-0.39, 0.29) is 16.8 Å². The number of nitrogens with one attached hydrogen (secondary N) is 1. The Morgan fingerprint density at radius 1 is 1.59 bits per heavy atom. The number of nitrogens with two attached hydrogens (primary N) is 1. The van der Waals surface area contributed by atoms with Crippen LogP contribution in [0.4, 0.5) is 10.1 Å². The molecule has 0 bridgehead atoms. The molecule has 3 N–H and O–H groups in total. The smallest absolute Gasteiger partial charge is 0.241 e. The zero-order valence-electron chi connectivity index (χ0n) is 9.84. The van der Waals surface area contributed by atoms with Crippen LogP contribution >= 0.6 is 11.6 Å². The zero-order valence-corrected chi connectivity index (χ0v) is 10.6. The second kappa shape index (κ2) is 5.98. The third-order valence-corrected chi connectivity index (χ3v) is 3.05. The number of carbonyl (C=O) groups is 1. The van der Waals surface area contributed by atoms with Gasteiger partial charge in [-0.1, -0.05) is 31.9 Å². The molecule has 3 nitrogen and oxygen atoms in total. The van der Waals surface area contributed by atoms with E-state index in [4.69, 9.17) is 17.3 Å². The Balaban J connectivity index is 2.71. The van der Waals surface area contributed by atoms with Gasteiger partial charge in [-0.2, -0.15) is 0 Å². The van der Waals surface area contributed by atoms with Crippen molar-refractivity contribution in [2.24, 2.45) is 11.7 Å². The van der Waals surface area contributed by atoms with Crippen LogP contribution in [0.3, 0.4) is 0 Å². The van der Waals surface area contributed by atoms with E-state index in [0.717, 1.165) is 6.42 Å². The summed E-state index contributed by atoms with van der Waals surface area (Å²) in [5.74, 6) is -0.810. The number of rotatable bonds is 4. The molecule has 0 saturated carbocycles. The highest BCUT2D eigenvalue weighted by Gasteiger charge is 2.19. The summed E-state index contributed by atoms with van der Waals surface area (Å²) >= 11 is 5.54. The summed E-state index contributed by atoms with van der Waals surface area (Å²) < 4.78 is 13.1. The van der Waals surface area contributed by atoms with Crippen molar-refractivity contribution in [2.45, 2.75) is 26.3 Å². The minimum Gasteiger partial charge on any atom is -0.325 e. The first-order valence-electron chi connectivity index (χ1n) is 5.47. The van der Waals surface area contributed by atoms with Gasteiger partial charge in [0.15, 0.2) is 0 Å². The van der Waals surface area contributed by atoms with Gasteiger partial charge in [-0.05, 0) is 24.1 Å². The minimum atomic E-state index is -0.598. The van der Waals surface area contributed by atoms with E-state index >= 15 is 0 Å². The molecule has 0 aliphatic heterocycles. The van der Waals surface area contributed by atoms with Crippen LogP contribution in [0.5, 0.6) is 0 Å². The molecule has 1 rings (SSSR count). The van der Waals surface area contributed by atoms with Crippen molar-refractivity contribution in [1.29, 1.82) is 0 Å². The highest BCUT2D eigenvalue weighted by atomic mass is 35.5. The monoisotopic (exact) mass is 258 g/mol. The number of benzene rings is 1. The Morgan fingerprint density at radius 2 is 2.24 bits per heavy atom. The quantitative estimate of drug-likeness (QED) is 0.873. The summed E-state index contributed by atoms with van der Waals surface area (Å²) in [5.41, 5.74) is 6.11. The van der Waals surface area contributed by atoms with Crippen LogP contribution in [-0.4, -0.2) is 11.9 Å². The summed E-state index contributed by atoms with van der Waals surface area (Å²) in [4.78, 5) is 11.7. The van der Waals surface area contributed by atoms with E-state index in [9.17, 15) is 9.18 Å². The molecule has 0 aliphatic rings. The maximum Gasteiger partial charge on any atom is 0.241 e. The van der Waals surface area contributed by atoms with Gasteiger partial charge in [0.25, 0.3) is 0 Å². The van der Waals surface area contributed by atoms with Crippen molar-refractivity contribution in [3.63, 3.8) is 0 Å². The van der Waals surface area contributed by atoms with Gasteiger partial charge in [-0.3, -0.25) is 4.79 Å². The van der Waals surface area contributed by atoms with Crippen LogP contribution in [-0.2, 0) is 4.79 Å². The molecule has 1 aromatic rings. The third kappa shape index (κ3) is 3.68. The average molecular weight is 259 g/mol. The predicted molar refractivity (Wildman–Crippen MR) is 67.5 cm³/mol. The number of hydrogen-bond acceptors (Lipinski definition) is 2. The Labute approximate surface area is 105 Å². The first-order valence-corrected chi connectivity index (χ1v) is 5.85. The lowest BCUT2D eigenvalue weighted by Crippen LogP contribution is -2.40. The van der Waals surface area contributed by atoms with E-state index in [0.29, 0.717) is 5.69 Å². The van der Waals surface area contributed by atoms with Crippen LogP contribution in [0.1, 0.15) is 20.3 Å². The van der Waals surface area contributed by atoms with Crippen molar-refractivity contribution in [2.75, 3.05) is 5.32 Å². The molecule has 17 heavy (non-hydrogen) atoms. The van der Waals surface area contributed by atoms with Crippen LogP contribution in [0.25, 0.3) is 0 Å². The van der Waals surface area contributed by atoms with Crippen molar-refractivity contribution < 1.29 is 9.18 Å². The zero-order chi connectivity index (χ0) is 13.0. The maximum atomic E-state index is 13.1. The lowest BCUT2D eigenvalue weighted by Gasteiger charge is -2.17. The summed E-state index contributed by atoms with van der Waals surface area (Å²) in [5, 5.41) is 2.58. The number of hydrogen-bond donors (Lipinski definition) is 2. The fourth-order valence-corrected chi connectivity index (χ4v) is 1.43. The summed E-state index contributed by atoms with van der Waals surface area (Å²) in [6, 6.07) is 3.50. The Bertz CT molecular complexity index is 411. The third-order valence-electron chi connectivity index (χ3n) is 2.75. The molecule has 1 aromatic carbocycles. The second-order valence-corrected chi connectivity index (χ2v) is 4.44. The molecule has 0 saturated heterocycles. The highest BCUT2D eigenvalue weighted by molar-refractivity contribution is 6.30. The molecular weight excluding hydrogens is 243 g/mol. The molecule has 0 aliphatic carbocycles. The SMILES string of the molecule is CC[C@H](C)[C@H](N)C(=O)Nc1ccc(Cl)c(F)c1. The predicted octanol–water partition coefficient (Wildman–Crippen LogP) is 2.79. The molecule has 0 heterocycles. The molecule has 5 heteroatoms. The van der Waals surface area contributed by atoms with Crippen molar-refractivity contribution in [1.82, 2.24) is 0 Å². The molecule has 1 amide bonds. The first-order chi connectivity index (χ1) is 7.95. The van der Waals surface area contributed by atoms with E-state index in [2.05, 4.69) is 5.32 Å². The van der Waals surface area contributed by atoms with Crippen LogP contribution in [0.15, 0.2) is 18.2 Å². The van der Waals surface area contributed by atoms with Gasteiger partial charge in [0.05, 0.1) is 11.1 Å². The number of carbonyl (C=O) groups excluding carboxylic acids is 1. The molecule has 94 valence electrons. The Morgan fingerprint density at radius 3 is 2.76 bits per heavy atom. The number of halogens is 2. The van der Waals surface area contributed by atoms with Crippen LogP contribution < -0.4 is 11.1 Å². The first kappa shape index (κ1) is 13.9. The molecule has 2 atom stereocenters. The summed E-state index contributed by atoms with van der Waals surface area (Å²) in [7, 11) is 0. The van der Waals surface area contributed by atoms with E-state index in [1.807, 2.05) is 13.8 Å². The van der Waals surface area contributed by atoms with Crippen LogP contribution in [0.2, 0.25) is 5.02 Å². The molecule has 0 unspecified atom stereocenters. The summed E-state index contributed by atoms with van der Waals surface area (Å²) in [6.07, 6.45) is 0.809. The second-order valence-electron chi connectivity index (χ2n) is 4.03. The fourth-order valence-electron chi connectivity index (χ4n) is 1.31. The average Bonchev–Trinajstić information content (AvgIpc) is 2.31. The molecule has 0 spiro atoms. The van der Waals surface area contributed by atoms with Gasteiger partial charge in [0, 0.05) is 5.69 Å². The maximum absolute atomic E-state index is 13.1. The number of anilines is 1. The van der Waals surface area contributed by atoms with Gasteiger partial charge in [0.2, 0.25) is 5.91 Å². The fraction of sp³-hybridized carbons (Fsp3) is 0.417. The summed E-state index contributed by atoms with van der Waals surface area (Å²) in [6.45, 7) is 3.85. The lowest BCUT2D eigenvalue weighted by atomic mass is 9.99. The normalized spacial score (nSPS) is 14.2. The lowest BCUT2D eigenvalue weighted by molar-refractivity contribution is -0.118. The van der Waals surface area contributed by atoms with Gasteiger partial charge in [-0.25, -0.2) is 4.39 Å². The van der Waals surface area contributed by atoms with E-state index in [1.165, 1.54) is 18.2 Å².